The number of nitrogens with two attached hydrogens (primary N) is 1. The zero-order valence-corrected chi connectivity index (χ0v) is 11.4. The van der Waals surface area contributed by atoms with Crippen molar-refractivity contribution in [2.24, 2.45) is 11.7 Å². The number of rotatable bonds is 4. The number of pyridine rings is 1. The van der Waals surface area contributed by atoms with Crippen LogP contribution in [0.5, 0.6) is 0 Å². The summed E-state index contributed by atoms with van der Waals surface area (Å²) >= 11 is 0. The Balaban J connectivity index is 1.88. The molecule has 1 unspecified atom stereocenters. The van der Waals surface area contributed by atoms with E-state index >= 15 is 0 Å². The second-order valence-electron chi connectivity index (χ2n) is 5.57. The molecule has 1 atom stereocenters. The fourth-order valence-corrected chi connectivity index (χ4v) is 2.68. The molecule has 2 rings (SSSR count). The first-order chi connectivity index (χ1) is 9.00. The summed E-state index contributed by atoms with van der Waals surface area (Å²) in [5.74, 6) is -2.27. The number of aromatic nitrogens is 1. The van der Waals surface area contributed by atoms with Gasteiger partial charge in [0.1, 0.15) is 0 Å². The minimum absolute atomic E-state index is 0.0203. The van der Waals surface area contributed by atoms with Crippen molar-refractivity contribution in [1.82, 2.24) is 4.98 Å². The van der Waals surface area contributed by atoms with Gasteiger partial charge in [-0.05, 0) is 36.8 Å². The van der Waals surface area contributed by atoms with E-state index in [-0.39, 0.29) is 24.8 Å². The van der Waals surface area contributed by atoms with E-state index in [2.05, 4.69) is 18.0 Å². The molecule has 0 radical (unpaired) electrons. The largest absolute Gasteiger partial charge is 0.327 e. The van der Waals surface area contributed by atoms with E-state index in [9.17, 15) is 8.78 Å². The van der Waals surface area contributed by atoms with Crippen LogP contribution in [-0.4, -0.2) is 16.9 Å². The van der Waals surface area contributed by atoms with Gasteiger partial charge in [-0.3, -0.25) is 4.98 Å². The van der Waals surface area contributed by atoms with Gasteiger partial charge in [-0.25, -0.2) is 8.78 Å². The van der Waals surface area contributed by atoms with Gasteiger partial charge in [0.05, 0.1) is 0 Å². The maximum atomic E-state index is 13.1. The van der Waals surface area contributed by atoms with Crippen LogP contribution in [-0.2, 0) is 12.8 Å². The zero-order valence-electron chi connectivity index (χ0n) is 11.4. The van der Waals surface area contributed by atoms with E-state index in [4.69, 9.17) is 5.73 Å². The molecule has 0 spiro atoms. The molecule has 1 aromatic heterocycles. The van der Waals surface area contributed by atoms with Crippen LogP contribution in [0.3, 0.4) is 0 Å². The molecule has 1 heterocycles. The van der Waals surface area contributed by atoms with Crippen LogP contribution in [0.1, 0.15) is 43.9 Å². The Labute approximate surface area is 113 Å². The third-order valence-electron chi connectivity index (χ3n) is 4.11. The van der Waals surface area contributed by atoms with E-state index in [1.807, 2.05) is 12.3 Å². The quantitative estimate of drug-likeness (QED) is 0.909. The molecule has 1 fully saturated rings. The van der Waals surface area contributed by atoms with Crippen molar-refractivity contribution in [2.45, 2.75) is 57.4 Å². The van der Waals surface area contributed by atoms with Gasteiger partial charge in [0.25, 0.3) is 0 Å². The van der Waals surface area contributed by atoms with Crippen molar-refractivity contribution >= 4 is 0 Å². The molecule has 1 saturated carbocycles. The highest BCUT2D eigenvalue weighted by Crippen LogP contribution is 2.37. The molecule has 1 aromatic rings. The SMILES string of the molecule is CCc1ccc(CC(N)C2CCC(F)(F)CC2)nc1. The Morgan fingerprint density at radius 1 is 1.37 bits per heavy atom. The summed E-state index contributed by atoms with van der Waals surface area (Å²) in [6, 6.07) is 4.00. The third-order valence-corrected chi connectivity index (χ3v) is 4.11. The molecule has 19 heavy (non-hydrogen) atoms. The molecule has 0 aliphatic heterocycles. The highest BCUT2D eigenvalue weighted by atomic mass is 19.3. The van der Waals surface area contributed by atoms with Crippen molar-refractivity contribution in [1.29, 1.82) is 0 Å². The smallest absolute Gasteiger partial charge is 0.248 e. The molecule has 106 valence electrons. The second kappa shape index (κ2) is 5.95. The molecule has 1 aliphatic carbocycles. The van der Waals surface area contributed by atoms with Gasteiger partial charge in [0, 0.05) is 37.2 Å². The molecule has 0 aromatic carbocycles. The highest BCUT2D eigenvalue weighted by Gasteiger charge is 2.36. The molecule has 0 amide bonds. The van der Waals surface area contributed by atoms with Crippen molar-refractivity contribution in [3.63, 3.8) is 0 Å². The minimum atomic E-state index is -2.47. The molecule has 2 nitrogen and oxygen atoms in total. The number of halogens is 2. The lowest BCUT2D eigenvalue weighted by atomic mass is 9.81. The van der Waals surface area contributed by atoms with Crippen LogP contribution in [0.2, 0.25) is 0 Å². The summed E-state index contributed by atoms with van der Waals surface area (Å²) in [7, 11) is 0. The highest BCUT2D eigenvalue weighted by molar-refractivity contribution is 5.14. The Hall–Kier alpha value is -1.03. The van der Waals surface area contributed by atoms with Gasteiger partial charge in [-0.1, -0.05) is 13.0 Å². The van der Waals surface area contributed by atoms with Gasteiger partial charge < -0.3 is 5.73 Å². The third kappa shape index (κ3) is 3.96. The molecule has 1 aliphatic rings. The number of alkyl halides is 2. The Bertz CT molecular complexity index is 393. The fraction of sp³-hybridized carbons (Fsp3) is 0.667. The summed E-state index contributed by atoms with van der Waals surface area (Å²) in [6.45, 7) is 2.09. The van der Waals surface area contributed by atoms with Crippen molar-refractivity contribution in [3.8, 4) is 0 Å². The first-order valence-electron chi connectivity index (χ1n) is 7.07. The Morgan fingerprint density at radius 3 is 2.58 bits per heavy atom. The lowest BCUT2D eigenvalue weighted by Crippen LogP contribution is -2.37. The Morgan fingerprint density at radius 2 is 2.05 bits per heavy atom. The first-order valence-corrected chi connectivity index (χ1v) is 7.07. The lowest BCUT2D eigenvalue weighted by Gasteiger charge is -2.31. The van der Waals surface area contributed by atoms with E-state index in [0.29, 0.717) is 19.3 Å². The summed E-state index contributed by atoms with van der Waals surface area (Å²) in [5.41, 5.74) is 8.32. The van der Waals surface area contributed by atoms with E-state index in [1.165, 1.54) is 5.56 Å². The van der Waals surface area contributed by atoms with Crippen LogP contribution >= 0.6 is 0 Å². The van der Waals surface area contributed by atoms with Crippen LogP contribution in [0.15, 0.2) is 18.3 Å². The van der Waals surface area contributed by atoms with E-state index in [0.717, 1.165) is 12.1 Å². The van der Waals surface area contributed by atoms with Crippen molar-refractivity contribution in [2.75, 3.05) is 0 Å². The second-order valence-corrected chi connectivity index (χ2v) is 5.57. The average molecular weight is 268 g/mol. The molecule has 0 bridgehead atoms. The summed E-state index contributed by atoms with van der Waals surface area (Å²) in [6.07, 6.45) is 4.54. The van der Waals surface area contributed by atoms with Gasteiger partial charge >= 0.3 is 0 Å². The monoisotopic (exact) mass is 268 g/mol. The average Bonchev–Trinajstić information content (AvgIpc) is 2.39. The van der Waals surface area contributed by atoms with Crippen LogP contribution in [0.4, 0.5) is 8.78 Å². The van der Waals surface area contributed by atoms with E-state index < -0.39 is 5.92 Å². The van der Waals surface area contributed by atoms with Crippen LogP contribution in [0, 0.1) is 5.92 Å². The molecular formula is C15H22F2N2. The number of nitrogens with zero attached hydrogens (tertiary/aromatic N) is 1. The topological polar surface area (TPSA) is 38.9 Å². The predicted molar refractivity (Wildman–Crippen MR) is 72.2 cm³/mol. The lowest BCUT2D eigenvalue weighted by molar-refractivity contribution is -0.0481. The van der Waals surface area contributed by atoms with Gasteiger partial charge in [0.2, 0.25) is 5.92 Å². The normalized spacial score (nSPS) is 21.3. The number of hydrogen-bond acceptors (Lipinski definition) is 2. The van der Waals surface area contributed by atoms with Crippen LogP contribution < -0.4 is 5.73 Å². The maximum absolute atomic E-state index is 13.1. The maximum Gasteiger partial charge on any atom is 0.248 e. The number of hydrogen-bond donors (Lipinski definition) is 1. The van der Waals surface area contributed by atoms with Crippen molar-refractivity contribution < 1.29 is 8.78 Å². The van der Waals surface area contributed by atoms with Crippen LogP contribution in [0.25, 0.3) is 0 Å². The Kier molecular flexibility index (Phi) is 4.50. The summed E-state index contributed by atoms with van der Waals surface area (Å²) < 4.78 is 26.2. The molecular weight excluding hydrogens is 246 g/mol. The first kappa shape index (κ1) is 14.4. The van der Waals surface area contributed by atoms with Crippen molar-refractivity contribution in [3.05, 3.63) is 29.6 Å². The fourth-order valence-electron chi connectivity index (χ4n) is 2.68. The zero-order chi connectivity index (χ0) is 13.9. The summed E-state index contributed by atoms with van der Waals surface area (Å²) in [5, 5.41) is 0. The summed E-state index contributed by atoms with van der Waals surface area (Å²) in [4.78, 5) is 4.38. The minimum Gasteiger partial charge on any atom is -0.327 e. The molecule has 0 saturated heterocycles. The van der Waals surface area contributed by atoms with Gasteiger partial charge in [-0.2, -0.15) is 0 Å². The molecule has 2 N–H and O–H groups in total. The standard InChI is InChI=1S/C15H22F2N2/c1-2-11-3-4-13(19-10-11)9-14(18)12-5-7-15(16,17)8-6-12/h3-4,10,12,14H,2,5-9,18H2,1H3. The predicted octanol–water partition coefficient (Wildman–Crippen LogP) is 3.34. The van der Waals surface area contributed by atoms with Gasteiger partial charge in [-0.15, -0.1) is 0 Å². The van der Waals surface area contributed by atoms with Gasteiger partial charge in [0.15, 0.2) is 0 Å². The molecule has 4 heteroatoms. The van der Waals surface area contributed by atoms with E-state index in [1.54, 1.807) is 0 Å². The number of aryl methyl sites for hydroxylation is 1.